The second-order valence-electron chi connectivity index (χ2n) is 4.89. The van der Waals surface area contributed by atoms with Crippen LogP contribution in [0.3, 0.4) is 0 Å². The van der Waals surface area contributed by atoms with Gasteiger partial charge in [0.25, 0.3) is 0 Å². The average molecular weight is 274 g/mol. The largest absolute Gasteiger partial charge is 0.497 e. The maximum atomic E-state index is 14.0. The Morgan fingerprint density at radius 3 is 2.68 bits per heavy atom. The highest BCUT2D eigenvalue weighted by molar-refractivity contribution is 5.31. The lowest BCUT2D eigenvalue weighted by Crippen LogP contribution is -2.34. The predicted molar refractivity (Wildman–Crippen MR) is 65.3 cm³/mol. The van der Waals surface area contributed by atoms with Gasteiger partial charge in [-0.15, -0.1) is 0 Å². The van der Waals surface area contributed by atoms with Crippen molar-refractivity contribution in [1.82, 2.24) is 5.43 Å². The van der Waals surface area contributed by atoms with E-state index < -0.39 is 17.8 Å². The fourth-order valence-electron chi connectivity index (χ4n) is 2.64. The molecule has 0 bridgehead atoms. The quantitative estimate of drug-likeness (QED) is 0.655. The Labute approximate surface area is 109 Å². The van der Waals surface area contributed by atoms with Crippen LogP contribution >= 0.6 is 0 Å². The van der Waals surface area contributed by atoms with E-state index in [4.69, 9.17) is 10.6 Å². The molecular formula is C13H17F3N2O. The number of hydrazine groups is 1. The van der Waals surface area contributed by atoms with E-state index >= 15 is 0 Å². The Morgan fingerprint density at radius 1 is 1.47 bits per heavy atom. The smallest absolute Gasteiger partial charge is 0.248 e. The number of nitrogens with one attached hydrogen (secondary N) is 1. The van der Waals surface area contributed by atoms with Crippen LogP contribution in [-0.2, 0) is 0 Å². The molecule has 0 heterocycles. The fourth-order valence-corrected chi connectivity index (χ4v) is 2.64. The molecule has 106 valence electrons. The molecule has 3 N–H and O–H groups in total. The first-order valence-electron chi connectivity index (χ1n) is 6.14. The van der Waals surface area contributed by atoms with Crippen molar-refractivity contribution in [2.45, 2.75) is 31.2 Å². The van der Waals surface area contributed by atoms with Crippen molar-refractivity contribution >= 4 is 0 Å². The third-order valence-electron chi connectivity index (χ3n) is 3.64. The van der Waals surface area contributed by atoms with E-state index in [1.54, 1.807) is 6.07 Å². The van der Waals surface area contributed by atoms with E-state index in [1.165, 1.54) is 19.2 Å². The molecule has 3 nitrogen and oxygen atoms in total. The van der Waals surface area contributed by atoms with Crippen molar-refractivity contribution in [3.63, 3.8) is 0 Å². The maximum absolute atomic E-state index is 14.0. The van der Waals surface area contributed by atoms with Gasteiger partial charge in [0.2, 0.25) is 5.92 Å². The molecule has 1 saturated carbocycles. The van der Waals surface area contributed by atoms with Crippen LogP contribution in [-0.4, -0.2) is 13.0 Å². The molecule has 2 rings (SSSR count). The van der Waals surface area contributed by atoms with Crippen LogP contribution in [0.1, 0.15) is 30.9 Å². The van der Waals surface area contributed by atoms with Gasteiger partial charge in [-0.05, 0) is 18.4 Å². The van der Waals surface area contributed by atoms with Crippen LogP contribution in [0.5, 0.6) is 5.75 Å². The van der Waals surface area contributed by atoms with Gasteiger partial charge >= 0.3 is 0 Å². The minimum atomic E-state index is -2.68. The van der Waals surface area contributed by atoms with Gasteiger partial charge in [0.15, 0.2) is 0 Å². The molecule has 1 fully saturated rings. The molecule has 1 aromatic carbocycles. The van der Waals surface area contributed by atoms with Crippen LogP contribution < -0.4 is 16.0 Å². The summed E-state index contributed by atoms with van der Waals surface area (Å²) in [5.41, 5.74) is 2.76. The molecule has 6 heteroatoms. The van der Waals surface area contributed by atoms with E-state index in [0.29, 0.717) is 17.7 Å². The number of halogens is 3. The number of methoxy groups -OCH3 is 1. The lowest BCUT2D eigenvalue weighted by molar-refractivity contribution is 0.00320. The third kappa shape index (κ3) is 3.01. The van der Waals surface area contributed by atoms with Crippen molar-refractivity contribution < 1.29 is 17.9 Å². The van der Waals surface area contributed by atoms with Gasteiger partial charge in [0.1, 0.15) is 11.6 Å². The summed E-state index contributed by atoms with van der Waals surface area (Å²) in [5.74, 6) is 2.25. The first-order chi connectivity index (χ1) is 8.96. The van der Waals surface area contributed by atoms with Gasteiger partial charge < -0.3 is 4.74 Å². The maximum Gasteiger partial charge on any atom is 0.248 e. The molecule has 0 spiro atoms. The predicted octanol–water partition coefficient (Wildman–Crippen LogP) is 2.77. The number of rotatable bonds is 4. The lowest BCUT2D eigenvalue weighted by atomic mass is 9.91. The van der Waals surface area contributed by atoms with Crippen molar-refractivity contribution in [2.24, 2.45) is 11.8 Å². The highest BCUT2D eigenvalue weighted by Gasteiger charge is 2.43. The second-order valence-corrected chi connectivity index (χ2v) is 4.89. The van der Waals surface area contributed by atoms with Crippen LogP contribution in [0.2, 0.25) is 0 Å². The molecule has 0 aromatic heterocycles. The second kappa shape index (κ2) is 5.38. The normalized spacial score (nSPS) is 23.3. The summed E-state index contributed by atoms with van der Waals surface area (Å²) < 4.78 is 45.4. The standard InChI is InChI=1S/C13H17F3N2O/c1-19-9-2-3-10(11(14)6-9)12(18-17)8-4-5-13(15,16)7-8/h2-3,6,8,12,18H,4-5,7,17H2,1H3. The fraction of sp³-hybridized carbons (Fsp3) is 0.538. The van der Waals surface area contributed by atoms with Crippen molar-refractivity contribution in [2.75, 3.05) is 7.11 Å². The first-order valence-corrected chi connectivity index (χ1v) is 6.14. The summed E-state index contributed by atoms with van der Waals surface area (Å²) >= 11 is 0. The van der Waals surface area contributed by atoms with Crippen molar-refractivity contribution in [3.8, 4) is 5.75 Å². The number of ether oxygens (including phenoxy) is 1. The Morgan fingerprint density at radius 2 is 2.21 bits per heavy atom. The summed E-state index contributed by atoms with van der Waals surface area (Å²) in [6.45, 7) is 0. The van der Waals surface area contributed by atoms with Crippen LogP contribution in [0.4, 0.5) is 13.2 Å². The van der Waals surface area contributed by atoms with E-state index in [2.05, 4.69) is 5.43 Å². The summed E-state index contributed by atoms with van der Waals surface area (Å²) in [6.07, 6.45) is -0.117. The van der Waals surface area contributed by atoms with Gasteiger partial charge in [-0.2, -0.15) is 0 Å². The zero-order valence-corrected chi connectivity index (χ0v) is 10.6. The molecular weight excluding hydrogens is 257 g/mol. The number of nitrogens with two attached hydrogens (primary N) is 1. The summed E-state index contributed by atoms with van der Waals surface area (Å²) in [6, 6.07) is 3.73. The number of hydrogen-bond donors (Lipinski definition) is 2. The van der Waals surface area contributed by atoms with Gasteiger partial charge in [-0.25, -0.2) is 13.2 Å². The minimum Gasteiger partial charge on any atom is -0.497 e. The molecule has 19 heavy (non-hydrogen) atoms. The van der Waals surface area contributed by atoms with E-state index in [0.717, 1.165) is 0 Å². The Balaban J connectivity index is 2.23. The molecule has 0 radical (unpaired) electrons. The molecule has 2 unspecified atom stereocenters. The number of hydrogen-bond acceptors (Lipinski definition) is 3. The van der Waals surface area contributed by atoms with Gasteiger partial charge in [-0.3, -0.25) is 11.3 Å². The van der Waals surface area contributed by atoms with Gasteiger partial charge in [0, 0.05) is 24.5 Å². The van der Waals surface area contributed by atoms with Crippen molar-refractivity contribution in [3.05, 3.63) is 29.6 Å². The molecule has 1 aromatic rings. The topological polar surface area (TPSA) is 47.3 Å². The average Bonchev–Trinajstić information content (AvgIpc) is 2.72. The lowest BCUT2D eigenvalue weighted by Gasteiger charge is -2.23. The minimum absolute atomic E-state index is 0.173. The SMILES string of the molecule is COc1ccc(C(NN)C2CCC(F)(F)C2)c(F)c1. The molecule has 0 aliphatic heterocycles. The van der Waals surface area contributed by atoms with Crippen molar-refractivity contribution in [1.29, 1.82) is 0 Å². The summed E-state index contributed by atoms with van der Waals surface area (Å²) in [5, 5.41) is 0. The molecule has 0 amide bonds. The van der Waals surface area contributed by atoms with Crippen LogP contribution in [0, 0.1) is 11.7 Å². The highest BCUT2D eigenvalue weighted by Crippen LogP contribution is 2.44. The van der Waals surface area contributed by atoms with Gasteiger partial charge in [-0.1, -0.05) is 6.07 Å². The van der Waals surface area contributed by atoms with Crippen LogP contribution in [0.25, 0.3) is 0 Å². The van der Waals surface area contributed by atoms with E-state index in [1.807, 2.05) is 0 Å². The zero-order valence-electron chi connectivity index (χ0n) is 10.6. The van der Waals surface area contributed by atoms with Crippen LogP contribution in [0.15, 0.2) is 18.2 Å². The Kier molecular flexibility index (Phi) is 4.01. The molecule has 1 aliphatic carbocycles. The monoisotopic (exact) mass is 274 g/mol. The first kappa shape index (κ1) is 14.1. The van der Waals surface area contributed by atoms with Gasteiger partial charge in [0.05, 0.1) is 13.2 Å². The summed E-state index contributed by atoms with van der Waals surface area (Å²) in [7, 11) is 1.44. The molecule has 1 aliphatic rings. The Hall–Kier alpha value is -1.27. The molecule has 0 saturated heterocycles. The Bertz CT molecular complexity index is 454. The summed E-state index contributed by atoms with van der Waals surface area (Å²) in [4.78, 5) is 0. The highest BCUT2D eigenvalue weighted by atomic mass is 19.3. The molecule has 2 atom stereocenters. The number of benzene rings is 1. The third-order valence-corrected chi connectivity index (χ3v) is 3.64. The number of alkyl halides is 2. The van der Waals surface area contributed by atoms with E-state index in [-0.39, 0.29) is 18.8 Å². The van der Waals surface area contributed by atoms with E-state index in [9.17, 15) is 13.2 Å². The zero-order chi connectivity index (χ0) is 14.0.